The first-order valence-corrected chi connectivity index (χ1v) is 12.6. The fourth-order valence-electron chi connectivity index (χ4n) is 4.98. The Bertz CT molecular complexity index is 1360. The molecule has 0 radical (unpaired) electrons. The van der Waals surface area contributed by atoms with Crippen LogP contribution in [-0.2, 0) is 19.5 Å². The monoisotopic (exact) mass is 548 g/mol. The fourth-order valence-corrected chi connectivity index (χ4v) is 5.28. The largest absolute Gasteiger partial charge is 0.435 e. The SMILES string of the molecule is C[C@@H]1Cc2nn3c(c2CN1C(=O)c1ccc(Cl)c(Cl)c1)C(=O)N([C@H](C)c1ccc(OC(F)F)cc1)CC3. The maximum absolute atomic E-state index is 13.7. The summed E-state index contributed by atoms with van der Waals surface area (Å²) in [5.41, 5.74) is 3.25. The van der Waals surface area contributed by atoms with Crippen LogP contribution in [0.2, 0.25) is 10.0 Å². The molecule has 2 aromatic carbocycles. The lowest BCUT2D eigenvalue weighted by Gasteiger charge is -2.35. The Hall–Kier alpha value is -3.17. The molecule has 2 aliphatic heterocycles. The first kappa shape index (κ1) is 25.5. The van der Waals surface area contributed by atoms with Crippen molar-refractivity contribution in [3.63, 3.8) is 0 Å². The van der Waals surface area contributed by atoms with Gasteiger partial charge in [0.15, 0.2) is 0 Å². The van der Waals surface area contributed by atoms with Crippen molar-refractivity contribution in [2.24, 2.45) is 0 Å². The molecule has 7 nitrogen and oxygen atoms in total. The summed E-state index contributed by atoms with van der Waals surface area (Å²) in [6, 6.07) is 10.6. The van der Waals surface area contributed by atoms with E-state index in [1.807, 2.05) is 13.8 Å². The van der Waals surface area contributed by atoms with Gasteiger partial charge in [-0.05, 0) is 49.7 Å². The minimum Gasteiger partial charge on any atom is -0.435 e. The van der Waals surface area contributed by atoms with E-state index < -0.39 is 6.61 Å². The number of hydrogen-bond donors (Lipinski definition) is 0. The number of benzene rings is 2. The Morgan fingerprint density at radius 1 is 1.11 bits per heavy atom. The smallest absolute Gasteiger partial charge is 0.387 e. The minimum absolute atomic E-state index is 0.0592. The van der Waals surface area contributed by atoms with Gasteiger partial charge in [-0.1, -0.05) is 35.3 Å². The number of amides is 2. The van der Waals surface area contributed by atoms with Crippen LogP contribution in [0.4, 0.5) is 8.78 Å². The van der Waals surface area contributed by atoms with E-state index in [1.54, 1.807) is 44.8 Å². The first-order chi connectivity index (χ1) is 17.6. The molecule has 0 saturated carbocycles. The van der Waals surface area contributed by atoms with E-state index in [9.17, 15) is 18.4 Å². The van der Waals surface area contributed by atoms with Crippen LogP contribution in [-0.4, -0.2) is 50.6 Å². The number of carbonyl (C=O) groups excluding carboxylic acids is 2. The molecule has 0 spiro atoms. The Morgan fingerprint density at radius 3 is 2.51 bits per heavy atom. The summed E-state index contributed by atoms with van der Waals surface area (Å²) in [7, 11) is 0. The third-order valence-corrected chi connectivity index (χ3v) is 7.72. The molecule has 194 valence electrons. The summed E-state index contributed by atoms with van der Waals surface area (Å²) in [6.45, 7) is 2.16. The molecular formula is C26H24Cl2F2N4O3. The number of hydrogen-bond acceptors (Lipinski definition) is 4. The average molecular weight is 549 g/mol. The average Bonchev–Trinajstić information content (AvgIpc) is 3.22. The molecule has 0 unspecified atom stereocenters. The molecule has 1 aromatic heterocycles. The van der Waals surface area contributed by atoms with Crippen molar-refractivity contribution in [3.05, 3.63) is 80.6 Å². The van der Waals surface area contributed by atoms with Crippen molar-refractivity contribution in [2.45, 2.75) is 52.1 Å². The van der Waals surface area contributed by atoms with Crippen molar-refractivity contribution in [2.75, 3.05) is 6.54 Å². The number of rotatable bonds is 5. The molecule has 2 atom stereocenters. The van der Waals surface area contributed by atoms with E-state index in [-0.39, 0.29) is 36.2 Å². The number of carbonyl (C=O) groups is 2. The predicted molar refractivity (Wildman–Crippen MR) is 134 cm³/mol. The molecule has 3 aromatic rings. The molecule has 0 N–H and O–H groups in total. The standard InChI is InChI=1S/C26H24Cl2F2N4O3/c1-14-11-22-19(13-33(14)24(35)17-5-8-20(27)21(28)12-17)23-25(36)32(9-10-34(23)31-22)15(2)16-3-6-18(7-4-16)37-26(29)30/h3-8,12,14-15,26H,9-11,13H2,1-2H3/t14-,15-/m1/s1. The fraction of sp³-hybridized carbons (Fsp3) is 0.346. The van der Waals surface area contributed by atoms with E-state index in [4.69, 9.17) is 28.3 Å². The second-order valence-corrected chi connectivity index (χ2v) is 10.0. The predicted octanol–water partition coefficient (Wildman–Crippen LogP) is 5.60. The lowest BCUT2D eigenvalue weighted by atomic mass is 9.97. The summed E-state index contributed by atoms with van der Waals surface area (Å²) >= 11 is 12.1. The van der Waals surface area contributed by atoms with Crippen molar-refractivity contribution >= 4 is 35.0 Å². The Balaban J connectivity index is 1.39. The van der Waals surface area contributed by atoms with Gasteiger partial charge in [0.1, 0.15) is 11.4 Å². The molecule has 5 rings (SSSR count). The Morgan fingerprint density at radius 2 is 1.84 bits per heavy atom. The molecule has 3 heterocycles. The summed E-state index contributed by atoms with van der Waals surface area (Å²) in [5.74, 6) is -0.322. The third-order valence-electron chi connectivity index (χ3n) is 6.98. The van der Waals surface area contributed by atoms with Crippen LogP contribution >= 0.6 is 23.2 Å². The lowest BCUT2D eigenvalue weighted by Crippen LogP contribution is -2.44. The summed E-state index contributed by atoms with van der Waals surface area (Å²) in [6.07, 6.45) is 0.525. The highest BCUT2D eigenvalue weighted by molar-refractivity contribution is 6.42. The quantitative estimate of drug-likeness (QED) is 0.416. The minimum atomic E-state index is -2.90. The van der Waals surface area contributed by atoms with E-state index in [0.29, 0.717) is 40.8 Å². The van der Waals surface area contributed by atoms with E-state index in [1.165, 1.54) is 12.1 Å². The summed E-state index contributed by atoms with van der Waals surface area (Å²) in [4.78, 5) is 30.5. The van der Waals surface area contributed by atoms with Crippen LogP contribution in [0.5, 0.6) is 5.75 Å². The number of fused-ring (bicyclic) bond motifs is 3. The van der Waals surface area contributed by atoms with E-state index in [2.05, 4.69) is 4.74 Å². The van der Waals surface area contributed by atoms with Gasteiger partial charge in [0.2, 0.25) is 0 Å². The zero-order valence-corrected chi connectivity index (χ0v) is 21.6. The maximum Gasteiger partial charge on any atom is 0.387 e. The second-order valence-electron chi connectivity index (χ2n) is 9.23. The van der Waals surface area contributed by atoms with Gasteiger partial charge >= 0.3 is 6.61 Å². The first-order valence-electron chi connectivity index (χ1n) is 11.8. The summed E-state index contributed by atoms with van der Waals surface area (Å²) < 4.78 is 31.1. The number of alkyl halides is 2. The van der Waals surface area contributed by atoms with Gasteiger partial charge in [-0.2, -0.15) is 13.9 Å². The third kappa shape index (κ3) is 4.78. The highest BCUT2D eigenvalue weighted by Gasteiger charge is 2.38. The van der Waals surface area contributed by atoms with Crippen LogP contribution in [0.3, 0.4) is 0 Å². The van der Waals surface area contributed by atoms with E-state index >= 15 is 0 Å². The maximum atomic E-state index is 13.7. The van der Waals surface area contributed by atoms with Crippen LogP contribution in [0.25, 0.3) is 0 Å². The van der Waals surface area contributed by atoms with Crippen LogP contribution in [0, 0.1) is 0 Å². The molecule has 2 amide bonds. The zero-order chi connectivity index (χ0) is 26.4. The van der Waals surface area contributed by atoms with Crippen molar-refractivity contribution < 1.29 is 23.1 Å². The molecule has 37 heavy (non-hydrogen) atoms. The van der Waals surface area contributed by atoms with Crippen molar-refractivity contribution in [1.29, 1.82) is 0 Å². The van der Waals surface area contributed by atoms with Gasteiger partial charge in [-0.3, -0.25) is 14.3 Å². The van der Waals surface area contributed by atoms with Gasteiger partial charge in [0.25, 0.3) is 11.8 Å². The number of nitrogens with zero attached hydrogens (tertiary/aromatic N) is 4. The van der Waals surface area contributed by atoms with Gasteiger partial charge < -0.3 is 14.5 Å². The van der Waals surface area contributed by atoms with Crippen LogP contribution < -0.4 is 4.74 Å². The van der Waals surface area contributed by atoms with Crippen LogP contribution in [0.1, 0.15) is 57.6 Å². The van der Waals surface area contributed by atoms with Gasteiger partial charge in [-0.15, -0.1) is 0 Å². The molecule has 0 aliphatic carbocycles. The Labute approximate surface area is 222 Å². The molecule has 0 fully saturated rings. The van der Waals surface area contributed by atoms with Gasteiger partial charge in [0.05, 0.1) is 34.9 Å². The highest BCUT2D eigenvalue weighted by atomic mass is 35.5. The number of halogens is 4. The molecule has 0 bridgehead atoms. The molecule has 0 saturated heterocycles. The van der Waals surface area contributed by atoms with Gasteiger partial charge in [0, 0.05) is 30.1 Å². The molecular weight excluding hydrogens is 525 g/mol. The van der Waals surface area contributed by atoms with Crippen molar-refractivity contribution in [3.8, 4) is 5.75 Å². The van der Waals surface area contributed by atoms with Gasteiger partial charge in [-0.25, -0.2) is 0 Å². The number of ether oxygens (including phenoxy) is 1. The normalized spacial score (nSPS) is 18.0. The summed E-state index contributed by atoms with van der Waals surface area (Å²) in [5, 5.41) is 5.36. The molecule has 2 aliphatic rings. The highest BCUT2D eigenvalue weighted by Crippen LogP contribution is 2.33. The zero-order valence-electron chi connectivity index (χ0n) is 20.1. The molecule has 11 heteroatoms. The van der Waals surface area contributed by atoms with Crippen LogP contribution in [0.15, 0.2) is 42.5 Å². The number of aromatic nitrogens is 2. The van der Waals surface area contributed by atoms with E-state index in [0.717, 1.165) is 16.8 Å². The lowest BCUT2D eigenvalue weighted by molar-refractivity contribution is -0.0498. The van der Waals surface area contributed by atoms with Crippen molar-refractivity contribution in [1.82, 2.24) is 19.6 Å². The Kier molecular flexibility index (Phi) is 6.85. The topological polar surface area (TPSA) is 67.7 Å². The second kappa shape index (κ2) is 9.95.